The van der Waals surface area contributed by atoms with E-state index in [1.165, 1.54) is 21.5 Å². The quantitative estimate of drug-likeness (QED) is 0.180. The minimum atomic E-state index is 0.523. The van der Waals surface area contributed by atoms with Gasteiger partial charge in [-0.3, -0.25) is 4.98 Å². The lowest BCUT2D eigenvalue weighted by molar-refractivity contribution is 0.667. The number of para-hydroxylation sites is 4. The van der Waals surface area contributed by atoms with Crippen LogP contribution < -0.4 is 0 Å². The van der Waals surface area contributed by atoms with Gasteiger partial charge in [0.2, 0.25) is 0 Å². The number of aromatic nitrogens is 5. The lowest BCUT2D eigenvalue weighted by atomic mass is 10.00. The first-order valence-electron chi connectivity index (χ1n) is 18.0. The Morgan fingerprint density at radius 1 is 0.407 bits per heavy atom. The van der Waals surface area contributed by atoms with Crippen molar-refractivity contribution < 1.29 is 4.42 Å². The molecule has 0 spiro atoms. The van der Waals surface area contributed by atoms with Gasteiger partial charge in [0.25, 0.3) is 0 Å². The van der Waals surface area contributed by atoms with Crippen LogP contribution in [-0.4, -0.2) is 24.5 Å². The molecule has 4 heterocycles. The van der Waals surface area contributed by atoms with E-state index in [1.807, 2.05) is 30.5 Å². The second-order valence-corrected chi connectivity index (χ2v) is 13.5. The van der Waals surface area contributed by atoms with Crippen LogP contribution in [0.3, 0.4) is 0 Å². The number of furan rings is 1. The highest BCUT2D eigenvalue weighted by Gasteiger charge is 2.21. The average Bonchev–Trinajstić information content (AvgIpc) is 3.79. The largest absolute Gasteiger partial charge is 0.454 e. The van der Waals surface area contributed by atoms with Crippen LogP contribution in [0.5, 0.6) is 0 Å². The molecule has 54 heavy (non-hydrogen) atoms. The van der Waals surface area contributed by atoms with Gasteiger partial charge in [-0.25, -0.2) is 15.0 Å². The first-order valence-corrected chi connectivity index (χ1v) is 18.0. The molecule has 0 unspecified atom stereocenters. The Balaban J connectivity index is 1.13. The number of pyridine rings is 1. The Morgan fingerprint density at radius 2 is 1.00 bits per heavy atom. The zero-order chi connectivity index (χ0) is 35.6. The third kappa shape index (κ3) is 4.81. The van der Waals surface area contributed by atoms with Crippen molar-refractivity contribution in [1.82, 2.24) is 24.5 Å². The minimum absolute atomic E-state index is 0.523. The highest BCUT2D eigenvalue weighted by Crippen LogP contribution is 2.38. The van der Waals surface area contributed by atoms with Gasteiger partial charge in [0, 0.05) is 44.4 Å². The Bertz CT molecular complexity index is 3180. The Kier molecular flexibility index (Phi) is 6.75. The fourth-order valence-electron chi connectivity index (χ4n) is 7.81. The molecule has 0 fully saturated rings. The zero-order valence-corrected chi connectivity index (χ0v) is 28.9. The molecule has 4 aromatic heterocycles. The van der Waals surface area contributed by atoms with E-state index in [4.69, 9.17) is 19.4 Å². The van der Waals surface area contributed by atoms with Gasteiger partial charge in [-0.1, -0.05) is 127 Å². The fourth-order valence-corrected chi connectivity index (χ4v) is 7.81. The third-order valence-corrected chi connectivity index (χ3v) is 10.4. The molecular weight excluding hydrogens is 663 g/mol. The van der Waals surface area contributed by atoms with Crippen LogP contribution in [0.2, 0.25) is 0 Å². The molecule has 0 amide bonds. The Morgan fingerprint density at radius 3 is 1.80 bits per heavy atom. The van der Waals surface area contributed by atoms with Crippen molar-refractivity contribution in [3.05, 3.63) is 176 Å². The van der Waals surface area contributed by atoms with Crippen LogP contribution in [0, 0.1) is 0 Å². The molecular formula is C48H29N5O. The molecule has 0 atom stereocenters. The molecule has 0 aliphatic heterocycles. The minimum Gasteiger partial charge on any atom is -0.454 e. The van der Waals surface area contributed by atoms with Crippen molar-refractivity contribution in [2.24, 2.45) is 0 Å². The second-order valence-electron chi connectivity index (χ2n) is 13.5. The van der Waals surface area contributed by atoms with Gasteiger partial charge in [-0.15, -0.1) is 0 Å². The number of rotatable bonds is 5. The molecule has 6 nitrogen and oxygen atoms in total. The van der Waals surface area contributed by atoms with Crippen molar-refractivity contribution in [2.45, 2.75) is 0 Å². The molecule has 11 rings (SSSR count). The molecule has 6 heteroatoms. The van der Waals surface area contributed by atoms with Crippen molar-refractivity contribution >= 4 is 54.5 Å². The molecule has 7 aromatic carbocycles. The SMILES string of the molecule is c1ccc(-n2c3ccccc3c3ccccc32)c(-c2nc(-c3ccc(-c4ccc5ccccc5c4)cc3)nc(-c3cncc4oc5ccccc5c34)n2)c1. The number of nitrogens with zero attached hydrogens (tertiary/aromatic N) is 5. The van der Waals surface area contributed by atoms with Crippen LogP contribution in [0.4, 0.5) is 0 Å². The number of hydrogen-bond acceptors (Lipinski definition) is 5. The number of benzene rings is 7. The number of fused-ring (bicyclic) bond motifs is 7. The summed E-state index contributed by atoms with van der Waals surface area (Å²) in [6, 6.07) is 56.9. The highest BCUT2D eigenvalue weighted by molar-refractivity contribution is 6.12. The lowest BCUT2D eigenvalue weighted by Gasteiger charge is -2.14. The van der Waals surface area contributed by atoms with Crippen molar-refractivity contribution in [2.75, 3.05) is 0 Å². The average molecular weight is 692 g/mol. The predicted molar refractivity (Wildman–Crippen MR) is 218 cm³/mol. The molecule has 0 aliphatic rings. The third-order valence-electron chi connectivity index (χ3n) is 10.4. The smallest absolute Gasteiger partial charge is 0.166 e. The van der Waals surface area contributed by atoms with Gasteiger partial charge in [-0.2, -0.15) is 0 Å². The van der Waals surface area contributed by atoms with Crippen LogP contribution >= 0.6 is 0 Å². The van der Waals surface area contributed by atoms with Crippen molar-refractivity contribution in [3.8, 4) is 51.0 Å². The Hall–Kier alpha value is -7.44. The van der Waals surface area contributed by atoms with Crippen LogP contribution in [-0.2, 0) is 0 Å². The summed E-state index contributed by atoms with van der Waals surface area (Å²) in [6.45, 7) is 0. The van der Waals surface area contributed by atoms with E-state index in [0.717, 1.165) is 60.9 Å². The molecule has 0 bridgehead atoms. The van der Waals surface area contributed by atoms with E-state index >= 15 is 0 Å². The van der Waals surface area contributed by atoms with Gasteiger partial charge in [0.15, 0.2) is 23.1 Å². The van der Waals surface area contributed by atoms with E-state index in [2.05, 4.69) is 149 Å². The van der Waals surface area contributed by atoms with Gasteiger partial charge in [0.1, 0.15) is 5.58 Å². The van der Waals surface area contributed by atoms with Gasteiger partial charge in [-0.05, 0) is 58.3 Å². The molecule has 0 N–H and O–H groups in total. The topological polar surface area (TPSA) is 69.6 Å². The summed E-state index contributed by atoms with van der Waals surface area (Å²) in [5.41, 5.74) is 9.51. The summed E-state index contributed by atoms with van der Waals surface area (Å²) in [5, 5.41) is 6.72. The van der Waals surface area contributed by atoms with Crippen LogP contribution in [0.15, 0.2) is 181 Å². The number of hydrogen-bond donors (Lipinski definition) is 0. The molecule has 0 saturated heterocycles. The maximum absolute atomic E-state index is 6.24. The predicted octanol–water partition coefficient (Wildman–Crippen LogP) is 12.1. The maximum Gasteiger partial charge on any atom is 0.166 e. The maximum atomic E-state index is 6.24. The summed E-state index contributed by atoms with van der Waals surface area (Å²) >= 11 is 0. The summed E-state index contributed by atoms with van der Waals surface area (Å²) in [7, 11) is 0. The van der Waals surface area contributed by atoms with Crippen molar-refractivity contribution in [1.29, 1.82) is 0 Å². The van der Waals surface area contributed by atoms with E-state index in [9.17, 15) is 0 Å². The molecule has 11 aromatic rings. The monoisotopic (exact) mass is 691 g/mol. The highest BCUT2D eigenvalue weighted by atomic mass is 16.3. The lowest BCUT2D eigenvalue weighted by Crippen LogP contribution is -2.04. The summed E-state index contributed by atoms with van der Waals surface area (Å²) in [6.07, 6.45) is 3.58. The van der Waals surface area contributed by atoms with E-state index in [0.29, 0.717) is 23.1 Å². The van der Waals surface area contributed by atoms with Gasteiger partial charge >= 0.3 is 0 Å². The van der Waals surface area contributed by atoms with Gasteiger partial charge < -0.3 is 8.98 Å². The molecule has 0 saturated carbocycles. The molecule has 252 valence electrons. The summed E-state index contributed by atoms with van der Waals surface area (Å²) < 4.78 is 8.55. The first kappa shape index (κ1) is 30.2. The zero-order valence-electron chi connectivity index (χ0n) is 28.9. The molecule has 0 radical (unpaired) electrons. The molecule has 0 aliphatic carbocycles. The van der Waals surface area contributed by atoms with E-state index in [-0.39, 0.29) is 0 Å². The fraction of sp³-hybridized carbons (Fsp3) is 0. The van der Waals surface area contributed by atoms with Crippen molar-refractivity contribution in [3.63, 3.8) is 0 Å². The van der Waals surface area contributed by atoms with E-state index in [1.54, 1.807) is 6.20 Å². The standard InChI is InChI=1S/C48H29N5O/c1-2-12-33-27-34(26-23-30(33)11-1)31-21-24-32(25-22-31)46-50-47(52-48(51-46)39-28-49-29-44-45(39)38-16-6-10-20-43(38)54-44)37-15-5-9-19-42(37)53-40-17-7-3-13-35(40)36-14-4-8-18-41(36)53/h1-29H. The summed E-state index contributed by atoms with van der Waals surface area (Å²) in [4.78, 5) is 20.2. The van der Waals surface area contributed by atoms with Crippen LogP contribution in [0.1, 0.15) is 0 Å². The van der Waals surface area contributed by atoms with Crippen LogP contribution in [0.25, 0.3) is 105 Å². The summed E-state index contributed by atoms with van der Waals surface area (Å²) in [5.74, 6) is 1.66. The Labute approximate surface area is 309 Å². The van der Waals surface area contributed by atoms with Gasteiger partial charge in [0.05, 0.1) is 22.9 Å². The first-order chi connectivity index (χ1) is 26.8. The normalized spacial score (nSPS) is 11.7. The van der Waals surface area contributed by atoms with E-state index < -0.39 is 0 Å². The second kappa shape index (κ2) is 12.1.